The van der Waals surface area contributed by atoms with E-state index in [4.69, 9.17) is 11.6 Å². The topological polar surface area (TPSA) is 58.2 Å². The number of halogens is 2. The Labute approximate surface area is 90.4 Å². The van der Waals surface area contributed by atoms with Gasteiger partial charge in [0.25, 0.3) is 11.8 Å². The van der Waals surface area contributed by atoms with Crippen LogP contribution in [0.2, 0.25) is 0 Å². The Morgan fingerprint density at radius 3 is 2.67 bits per heavy atom. The second-order valence-electron chi connectivity index (χ2n) is 2.65. The van der Waals surface area contributed by atoms with Crippen molar-refractivity contribution in [3.05, 3.63) is 35.6 Å². The molecule has 1 rings (SSSR count). The molecule has 0 aromatic heterocycles. The fraction of sp³-hybridized carbons (Fsp3) is 0.111. The van der Waals surface area contributed by atoms with Crippen LogP contribution < -0.4 is 10.9 Å². The maximum Gasteiger partial charge on any atom is 0.269 e. The van der Waals surface area contributed by atoms with Crippen molar-refractivity contribution in [3.8, 4) is 0 Å². The average Bonchev–Trinajstić information content (AvgIpc) is 2.25. The summed E-state index contributed by atoms with van der Waals surface area (Å²) in [4.78, 5) is 22.0. The van der Waals surface area contributed by atoms with E-state index >= 15 is 0 Å². The van der Waals surface area contributed by atoms with Crippen molar-refractivity contribution in [2.45, 2.75) is 0 Å². The molecule has 4 nitrogen and oxygen atoms in total. The van der Waals surface area contributed by atoms with Gasteiger partial charge >= 0.3 is 0 Å². The molecule has 80 valence electrons. The zero-order chi connectivity index (χ0) is 11.3. The van der Waals surface area contributed by atoms with Gasteiger partial charge in [0.05, 0.1) is 0 Å². The quantitative estimate of drug-likeness (QED) is 0.584. The van der Waals surface area contributed by atoms with E-state index in [1.807, 2.05) is 0 Å². The molecular weight excluding hydrogens is 223 g/mol. The summed E-state index contributed by atoms with van der Waals surface area (Å²) in [6.45, 7) is 0. The van der Waals surface area contributed by atoms with Crippen LogP contribution in [-0.4, -0.2) is 17.7 Å². The Morgan fingerprint density at radius 1 is 1.33 bits per heavy atom. The van der Waals surface area contributed by atoms with E-state index in [0.29, 0.717) is 0 Å². The number of benzene rings is 1. The molecule has 0 bridgehead atoms. The summed E-state index contributed by atoms with van der Waals surface area (Å²) in [5.41, 5.74) is 4.26. The minimum Gasteiger partial charge on any atom is -0.272 e. The predicted octanol–water partition coefficient (Wildman–Crippen LogP) is 0.825. The number of hydrogen-bond donors (Lipinski definition) is 2. The Hall–Kier alpha value is -1.62. The Morgan fingerprint density at radius 2 is 2.07 bits per heavy atom. The first-order valence-corrected chi connectivity index (χ1v) is 4.57. The Kier molecular flexibility index (Phi) is 4.05. The van der Waals surface area contributed by atoms with Gasteiger partial charge in [0.2, 0.25) is 0 Å². The lowest BCUT2D eigenvalue weighted by atomic mass is 10.2. The van der Waals surface area contributed by atoms with Gasteiger partial charge in [-0.3, -0.25) is 20.4 Å². The van der Waals surface area contributed by atoms with Crippen LogP contribution in [0.15, 0.2) is 24.3 Å². The minimum atomic E-state index is -0.604. The molecule has 6 heteroatoms. The summed E-state index contributed by atoms with van der Waals surface area (Å²) in [5.74, 6) is -1.93. The lowest BCUT2D eigenvalue weighted by Crippen LogP contribution is -2.42. The molecule has 0 heterocycles. The van der Waals surface area contributed by atoms with E-state index in [2.05, 4.69) is 10.9 Å². The van der Waals surface area contributed by atoms with Crippen molar-refractivity contribution < 1.29 is 14.0 Å². The highest BCUT2D eigenvalue weighted by molar-refractivity contribution is 6.27. The first-order chi connectivity index (χ1) is 7.13. The van der Waals surface area contributed by atoms with Gasteiger partial charge in [0.1, 0.15) is 11.7 Å². The normalized spacial score (nSPS) is 9.47. The van der Waals surface area contributed by atoms with Crippen LogP contribution in [0.1, 0.15) is 10.4 Å². The van der Waals surface area contributed by atoms with E-state index in [-0.39, 0.29) is 11.4 Å². The van der Waals surface area contributed by atoms with Crippen molar-refractivity contribution in [2.75, 3.05) is 5.88 Å². The third-order valence-corrected chi connectivity index (χ3v) is 1.77. The molecule has 0 radical (unpaired) electrons. The number of carbonyl (C=O) groups is 2. The molecule has 2 N–H and O–H groups in total. The van der Waals surface area contributed by atoms with Gasteiger partial charge in [0.15, 0.2) is 0 Å². The van der Waals surface area contributed by atoms with E-state index < -0.39 is 17.6 Å². The molecule has 0 unspecified atom stereocenters. The summed E-state index contributed by atoms with van der Waals surface area (Å²) < 4.78 is 12.7. The van der Waals surface area contributed by atoms with Gasteiger partial charge in [-0.25, -0.2) is 4.39 Å². The maximum absolute atomic E-state index is 12.7. The average molecular weight is 231 g/mol. The van der Waals surface area contributed by atoms with Gasteiger partial charge in [-0.2, -0.15) is 0 Å². The number of rotatable bonds is 2. The first kappa shape index (κ1) is 11.5. The van der Waals surface area contributed by atoms with Gasteiger partial charge < -0.3 is 0 Å². The smallest absolute Gasteiger partial charge is 0.269 e. The number of hydrogen-bond acceptors (Lipinski definition) is 2. The minimum absolute atomic E-state index is 0.116. The summed E-state index contributed by atoms with van der Waals surface area (Å²) >= 11 is 5.18. The molecule has 0 saturated carbocycles. The number of nitrogens with one attached hydrogen (secondary N) is 2. The Bertz CT molecular complexity index is 384. The third kappa shape index (κ3) is 3.55. The highest BCUT2D eigenvalue weighted by Gasteiger charge is 2.06. The van der Waals surface area contributed by atoms with Gasteiger partial charge in [0, 0.05) is 5.56 Å². The molecular formula is C9H8ClFN2O2. The standard InChI is InChI=1S/C9H8ClFN2O2/c10-5-8(14)12-13-9(15)6-2-1-3-7(11)4-6/h1-4H,5H2,(H,12,14)(H,13,15). The molecule has 15 heavy (non-hydrogen) atoms. The van der Waals surface area contributed by atoms with Crippen LogP contribution in [0.3, 0.4) is 0 Å². The number of amides is 2. The molecule has 0 saturated heterocycles. The van der Waals surface area contributed by atoms with Crippen LogP contribution in [0.4, 0.5) is 4.39 Å². The molecule has 0 fully saturated rings. The van der Waals surface area contributed by atoms with Crippen LogP contribution in [0, 0.1) is 5.82 Å². The highest BCUT2D eigenvalue weighted by Crippen LogP contribution is 2.02. The highest BCUT2D eigenvalue weighted by atomic mass is 35.5. The van der Waals surface area contributed by atoms with Crippen molar-refractivity contribution in [2.24, 2.45) is 0 Å². The van der Waals surface area contributed by atoms with Crippen molar-refractivity contribution >= 4 is 23.4 Å². The van der Waals surface area contributed by atoms with E-state index in [1.54, 1.807) is 0 Å². The predicted molar refractivity (Wildman–Crippen MR) is 52.7 cm³/mol. The Balaban J connectivity index is 2.58. The zero-order valence-corrected chi connectivity index (χ0v) is 8.34. The van der Waals surface area contributed by atoms with Crippen LogP contribution >= 0.6 is 11.6 Å². The van der Waals surface area contributed by atoms with E-state index in [0.717, 1.165) is 6.07 Å². The molecule has 0 aliphatic rings. The maximum atomic E-state index is 12.7. The monoisotopic (exact) mass is 230 g/mol. The van der Waals surface area contributed by atoms with Gasteiger partial charge in [-0.1, -0.05) is 6.07 Å². The molecule has 1 aromatic carbocycles. The third-order valence-electron chi connectivity index (χ3n) is 1.52. The molecule has 0 aliphatic heterocycles. The van der Waals surface area contributed by atoms with E-state index in [9.17, 15) is 14.0 Å². The fourth-order valence-corrected chi connectivity index (χ4v) is 0.929. The number of carbonyl (C=O) groups excluding carboxylic acids is 2. The zero-order valence-electron chi connectivity index (χ0n) is 7.59. The number of hydrazine groups is 1. The van der Waals surface area contributed by atoms with Crippen LogP contribution in [0.25, 0.3) is 0 Å². The van der Waals surface area contributed by atoms with Crippen molar-refractivity contribution in [1.29, 1.82) is 0 Å². The van der Waals surface area contributed by atoms with Crippen molar-refractivity contribution in [3.63, 3.8) is 0 Å². The first-order valence-electron chi connectivity index (χ1n) is 4.04. The second kappa shape index (κ2) is 5.31. The molecule has 1 aromatic rings. The molecule has 0 atom stereocenters. The van der Waals surface area contributed by atoms with E-state index in [1.165, 1.54) is 18.2 Å². The van der Waals surface area contributed by atoms with Crippen LogP contribution in [-0.2, 0) is 4.79 Å². The largest absolute Gasteiger partial charge is 0.272 e. The van der Waals surface area contributed by atoms with Gasteiger partial charge in [-0.05, 0) is 18.2 Å². The second-order valence-corrected chi connectivity index (χ2v) is 2.91. The molecule has 2 amide bonds. The summed E-state index contributed by atoms with van der Waals surface area (Å²) in [6, 6.07) is 5.09. The van der Waals surface area contributed by atoms with Crippen LogP contribution in [0.5, 0.6) is 0 Å². The SMILES string of the molecule is O=C(CCl)NNC(=O)c1cccc(F)c1. The van der Waals surface area contributed by atoms with Gasteiger partial charge in [-0.15, -0.1) is 11.6 Å². The number of alkyl halides is 1. The summed E-state index contributed by atoms with van der Waals surface area (Å²) in [7, 11) is 0. The summed E-state index contributed by atoms with van der Waals surface area (Å²) in [5, 5.41) is 0. The lowest BCUT2D eigenvalue weighted by molar-refractivity contribution is -0.119. The van der Waals surface area contributed by atoms with Crippen molar-refractivity contribution in [1.82, 2.24) is 10.9 Å². The molecule has 0 aliphatic carbocycles. The molecule has 0 spiro atoms. The summed E-state index contributed by atoms with van der Waals surface area (Å²) in [6.07, 6.45) is 0. The fourth-order valence-electron chi connectivity index (χ4n) is 0.862. The lowest BCUT2D eigenvalue weighted by Gasteiger charge is -2.05.